The number of alkyl halides is 1. The zero-order valence-corrected chi connectivity index (χ0v) is 15.9. The van der Waals surface area contributed by atoms with Gasteiger partial charge in [-0.25, -0.2) is 4.79 Å². The summed E-state index contributed by atoms with van der Waals surface area (Å²) >= 11 is 5.76. The van der Waals surface area contributed by atoms with Crippen LogP contribution in [0.1, 0.15) is 34.6 Å². The lowest BCUT2D eigenvalue weighted by molar-refractivity contribution is -0.180. The van der Waals surface area contributed by atoms with E-state index in [2.05, 4.69) is 0 Å². The standard InChI is InChI=1S/C15H22ClNO6S/c1-14(2,3)13(20)23-7-22-12(19)9-15(4,5)24(21)11-8(6-16)10(18)17(9)11/h8-9,11H,6-7H2,1-5H3/t8-,9+,11-,24?/m1/s1. The second-order valence-electron chi connectivity index (χ2n) is 7.46. The zero-order chi connectivity index (χ0) is 18.4. The monoisotopic (exact) mass is 379 g/mol. The van der Waals surface area contributed by atoms with Gasteiger partial charge in [-0.3, -0.25) is 13.8 Å². The predicted molar refractivity (Wildman–Crippen MR) is 87.4 cm³/mol. The molecule has 2 rings (SSSR count). The number of hydrogen-bond donors (Lipinski definition) is 0. The molecule has 2 heterocycles. The molecule has 0 spiro atoms. The highest BCUT2D eigenvalue weighted by atomic mass is 35.5. The fourth-order valence-electron chi connectivity index (χ4n) is 2.81. The second kappa shape index (κ2) is 6.29. The van der Waals surface area contributed by atoms with Gasteiger partial charge in [-0.15, -0.1) is 11.6 Å². The van der Waals surface area contributed by atoms with E-state index in [0.29, 0.717) is 0 Å². The third-order valence-electron chi connectivity index (χ3n) is 4.26. The molecular weight excluding hydrogens is 358 g/mol. The molecule has 9 heteroatoms. The Morgan fingerprint density at radius 1 is 1.29 bits per heavy atom. The fraction of sp³-hybridized carbons (Fsp3) is 0.800. The molecule has 0 saturated carbocycles. The first-order valence-corrected chi connectivity index (χ1v) is 9.32. The molecule has 0 N–H and O–H groups in total. The van der Waals surface area contributed by atoms with E-state index < -0.39 is 57.0 Å². The number of esters is 2. The topological polar surface area (TPSA) is 90.0 Å². The van der Waals surface area contributed by atoms with Crippen LogP contribution in [0.2, 0.25) is 0 Å². The lowest BCUT2D eigenvalue weighted by atomic mass is 9.93. The minimum absolute atomic E-state index is 0.0623. The summed E-state index contributed by atoms with van der Waals surface area (Å²) in [6, 6.07) is -0.983. The Kier molecular flexibility index (Phi) is 5.03. The third-order valence-corrected chi connectivity index (χ3v) is 6.84. The van der Waals surface area contributed by atoms with Crippen molar-refractivity contribution in [2.75, 3.05) is 12.7 Å². The second-order valence-corrected chi connectivity index (χ2v) is 9.90. The first-order chi connectivity index (χ1) is 10.9. The van der Waals surface area contributed by atoms with Gasteiger partial charge < -0.3 is 14.4 Å². The Balaban J connectivity index is 2.05. The third kappa shape index (κ3) is 2.94. The number of carbonyl (C=O) groups is 3. The van der Waals surface area contributed by atoms with E-state index in [0.717, 1.165) is 0 Å². The predicted octanol–water partition coefficient (Wildman–Crippen LogP) is 1.01. The molecule has 0 radical (unpaired) electrons. The number of β-lactam (4-membered cyclic amide) rings is 1. The molecule has 4 atom stereocenters. The summed E-state index contributed by atoms with van der Waals surface area (Å²) in [5, 5.41) is -0.570. The molecule has 2 aliphatic heterocycles. The minimum Gasteiger partial charge on any atom is -0.427 e. The SMILES string of the molecule is CC(C)(C)C(=O)OCOC(=O)[C@@H]1N2C(=O)[C@@H](CCl)[C@H]2S(=O)C1(C)C. The maximum atomic E-state index is 12.6. The summed E-state index contributed by atoms with van der Waals surface area (Å²) < 4.78 is 21.5. The highest BCUT2D eigenvalue weighted by Crippen LogP contribution is 2.46. The van der Waals surface area contributed by atoms with Crippen molar-refractivity contribution >= 4 is 40.2 Å². The maximum Gasteiger partial charge on any atom is 0.333 e. The molecule has 2 saturated heterocycles. The molecule has 0 bridgehead atoms. The maximum absolute atomic E-state index is 12.6. The van der Waals surface area contributed by atoms with Crippen molar-refractivity contribution < 1.29 is 28.1 Å². The van der Waals surface area contributed by atoms with Crippen LogP contribution >= 0.6 is 11.6 Å². The molecule has 2 fully saturated rings. The van der Waals surface area contributed by atoms with Gasteiger partial charge in [0.25, 0.3) is 0 Å². The van der Waals surface area contributed by atoms with E-state index in [1.54, 1.807) is 34.6 Å². The van der Waals surface area contributed by atoms with E-state index in [4.69, 9.17) is 21.1 Å². The molecule has 0 aromatic carbocycles. The van der Waals surface area contributed by atoms with E-state index in [9.17, 15) is 18.6 Å². The molecule has 2 aliphatic rings. The molecule has 0 aliphatic carbocycles. The molecule has 136 valence electrons. The van der Waals surface area contributed by atoms with Gasteiger partial charge in [-0.05, 0) is 34.6 Å². The number of ether oxygens (including phenoxy) is 2. The number of nitrogens with zero attached hydrogens (tertiary/aromatic N) is 1. The zero-order valence-electron chi connectivity index (χ0n) is 14.3. The van der Waals surface area contributed by atoms with E-state index in [-0.39, 0.29) is 11.8 Å². The number of halogens is 1. The van der Waals surface area contributed by atoms with Gasteiger partial charge >= 0.3 is 11.9 Å². The normalized spacial score (nSPS) is 31.2. The van der Waals surface area contributed by atoms with Gasteiger partial charge in [-0.1, -0.05) is 0 Å². The molecule has 0 aromatic heterocycles. The molecule has 1 unspecified atom stereocenters. The van der Waals surface area contributed by atoms with Crippen molar-refractivity contribution in [3.8, 4) is 0 Å². The Bertz CT molecular complexity index is 599. The van der Waals surface area contributed by atoms with Crippen molar-refractivity contribution in [2.45, 2.75) is 50.8 Å². The summed E-state index contributed by atoms with van der Waals surface area (Å²) in [5.41, 5.74) is -0.716. The van der Waals surface area contributed by atoms with E-state index in [1.807, 2.05) is 0 Å². The quantitative estimate of drug-likeness (QED) is 0.313. The van der Waals surface area contributed by atoms with Crippen LogP contribution < -0.4 is 0 Å². The van der Waals surface area contributed by atoms with Crippen LogP contribution in [0.25, 0.3) is 0 Å². The van der Waals surface area contributed by atoms with Crippen molar-refractivity contribution in [2.24, 2.45) is 11.3 Å². The first-order valence-electron chi connectivity index (χ1n) is 7.57. The highest BCUT2D eigenvalue weighted by Gasteiger charge is 2.67. The molecular formula is C15H22ClNO6S. The van der Waals surface area contributed by atoms with Crippen LogP contribution in [0.3, 0.4) is 0 Å². The van der Waals surface area contributed by atoms with Crippen LogP contribution in [-0.2, 0) is 34.7 Å². The Hall–Kier alpha value is -1.15. The van der Waals surface area contributed by atoms with E-state index >= 15 is 0 Å². The van der Waals surface area contributed by atoms with Gasteiger partial charge in [0.1, 0.15) is 11.4 Å². The summed E-state index contributed by atoms with van der Waals surface area (Å²) in [5.74, 6) is -2.03. The van der Waals surface area contributed by atoms with Gasteiger partial charge in [0.15, 0.2) is 0 Å². The van der Waals surface area contributed by atoms with Gasteiger partial charge in [0.2, 0.25) is 12.7 Å². The van der Waals surface area contributed by atoms with Crippen LogP contribution in [-0.4, -0.2) is 55.8 Å². The number of amides is 1. The Labute approximate surface area is 148 Å². The van der Waals surface area contributed by atoms with Gasteiger partial charge in [-0.2, -0.15) is 0 Å². The van der Waals surface area contributed by atoms with Crippen molar-refractivity contribution in [1.29, 1.82) is 0 Å². The van der Waals surface area contributed by atoms with Crippen molar-refractivity contribution in [3.63, 3.8) is 0 Å². The lowest BCUT2D eigenvalue weighted by Gasteiger charge is -2.42. The highest BCUT2D eigenvalue weighted by molar-refractivity contribution is 7.87. The minimum atomic E-state index is -1.44. The summed E-state index contributed by atoms with van der Waals surface area (Å²) in [7, 11) is -1.44. The number of rotatable bonds is 4. The first kappa shape index (κ1) is 19.2. The average Bonchev–Trinajstić information content (AvgIpc) is 2.64. The van der Waals surface area contributed by atoms with Crippen LogP contribution in [0.4, 0.5) is 0 Å². The summed E-state index contributed by atoms with van der Waals surface area (Å²) in [4.78, 5) is 37.5. The summed E-state index contributed by atoms with van der Waals surface area (Å²) in [6.07, 6.45) is 0. The van der Waals surface area contributed by atoms with Crippen LogP contribution in [0.5, 0.6) is 0 Å². The molecule has 1 amide bonds. The summed E-state index contributed by atoms with van der Waals surface area (Å²) in [6.45, 7) is 7.78. The fourth-order valence-corrected chi connectivity index (χ4v) is 5.21. The van der Waals surface area contributed by atoms with Crippen molar-refractivity contribution in [3.05, 3.63) is 0 Å². The van der Waals surface area contributed by atoms with Gasteiger partial charge in [0, 0.05) is 5.88 Å². The Morgan fingerprint density at radius 2 is 1.88 bits per heavy atom. The molecule has 7 nitrogen and oxygen atoms in total. The smallest absolute Gasteiger partial charge is 0.333 e. The Morgan fingerprint density at radius 3 is 2.38 bits per heavy atom. The average molecular weight is 380 g/mol. The molecule has 24 heavy (non-hydrogen) atoms. The van der Waals surface area contributed by atoms with Crippen LogP contribution in [0, 0.1) is 11.3 Å². The van der Waals surface area contributed by atoms with E-state index in [1.165, 1.54) is 4.90 Å². The lowest BCUT2D eigenvalue weighted by Crippen LogP contribution is -2.63. The largest absolute Gasteiger partial charge is 0.427 e. The number of carbonyl (C=O) groups excluding carboxylic acids is 3. The van der Waals surface area contributed by atoms with Crippen LogP contribution in [0.15, 0.2) is 0 Å². The number of fused-ring (bicyclic) bond motifs is 1. The molecule has 0 aromatic rings. The van der Waals surface area contributed by atoms with Gasteiger partial charge in [0.05, 0.1) is 26.9 Å². The number of hydrogen-bond acceptors (Lipinski definition) is 6. The van der Waals surface area contributed by atoms with Crippen molar-refractivity contribution in [1.82, 2.24) is 4.90 Å².